The number of ether oxygens (including phenoxy) is 1. The van der Waals surface area contributed by atoms with E-state index >= 15 is 0 Å². The minimum atomic E-state index is -0.307. The molecule has 0 N–H and O–H groups in total. The minimum Gasteiger partial charge on any atom is -0.423 e. The van der Waals surface area contributed by atoms with Gasteiger partial charge in [-0.25, -0.2) is 4.79 Å². The van der Waals surface area contributed by atoms with E-state index in [0.717, 1.165) is 24.0 Å². The summed E-state index contributed by atoms with van der Waals surface area (Å²) in [4.78, 5) is 12.1. The number of carbonyl (C=O) groups excluding carboxylic acids is 1. The van der Waals surface area contributed by atoms with E-state index in [4.69, 9.17) is 4.74 Å². The molecule has 0 radical (unpaired) electrons. The summed E-state index contributed by atoms with van der Waals surface area (Å²) in [6.07, 6.45) is 2.14. The Hall–Kier alpha value is -2.09. The van der Waals surface area contributed by atoms with Crippen LogP contribution in [0.3, 0.4) is 0 Å². The second-order valence-electron chi connectivity index (χ2n) is 5.16. The highest BCUT2D eigenvalue weighted by molar-refractivity contribution is 5.91. The first-order chi connectivity index (χ1) is 9.58. The Labute approximate surface area is 120 Å². The van der Waals surface area contributed by atoms with Crippen molar-refractivity contribution >= 4 is 5.97 Å². The molecule has 0 saturated carbocycles. The van der Waals surface area contributed by atoms with Gasteiger partial charge in [0.2, 0.25) is 0 Å². The van der Waals surface area contributed by atoms with E-state index in [-0.39, 0.29) is 5.97 Å². The Balaban J connectivity index is 2.11. The van der Waals surface area contributed by atoms with Gasteiger partial charge >= 0.3 is 5.97 Å². The molecule has 0 amide bonds. The van der Waals surface area contributed by atoms with Crippen LogP contribution in [-0.4, -0.2) is 5.97 Å². The van der Waals surface area contributed by atoms with Crippen molar-refractivity contribution in [3.63, 3.8) is 0 Å². The van der Waals surface area contributed by atoms with Crippen LogP contribution in [0.1, 0.15) is 40.4 Å². The van der Waals surface area contributed by atoms with Crippen LogP contribution in [0.15, 0.2) is 42.5 Å². The number of hydrogen-bond acceptors (Lipinski definition) is 2. The molecule has 2 nitrogen and oxygen atoms in total. The lowest BCUT2D eigenvalue weighted by Crippen LogP contribution is -2.08. The molecule has 104 valence electrons. The highest BCUT2D eigenvalue weighted by atomic mass is 16.5. The predicted molar refractivity (Wildman–Crippen MR) is 81.3 cm³/mol. The van der Waals surface area contributed by atoms with Crippen molar-refractivity contribution in [2.45, 2.75) is 33.6 Å². The maximum atomic E-state index is 12.1. The summed E-state index contributed by atoms with van der Waals surface area (Å²) in [5, 5.41) is 0. The Bertz CT molecular complexity index is 577. The second-order valence-corrected chi connectivity index (χ2v) is 5.16. The van der Waals surface area contributed by atoms with Gasteiger partial charge in [0.25, 0.3) is 0 Å². The maximum Gasteiger partial charge on any atom is 0.343 e. The lowest BCUT2D eigenvalue weighted by Gasteiger charge is -2.07. The van der Waals surface area contributed by atoms with E-state index in [9.17, 15) is 4.79 Å². The number of esters is 1. The molecule has 0 aliphatic carbocycles. The van der Waals surface area contributed by atoms with Crippen LogP contribution in [0, 0.1) is 13.8 Å². The van der Waals surface area contributed by atoms with Gasteiger partial charge in [-0.2, -0.15) is 0 Å². The van der Waals surface area contributed by atoms with E-state index in [1.165, 1.54) is 5.56 Å². The fourth-order valence-corrected chi connectivity index (χ4v) is 2.25. The van der Waals surface area contributed by atoms with Crippen LogP contribution in [0.4, 0.5) is 0 Å². The van der Waals surface area contributed by atoms with E-state index in [1.54, 1.807) is 0 Å². The molecule has 0 aromatic heterocycles. The molecule has 0 fully saturated rings. The highest BCUT2D eigenvalue weighted by Crippen LogP contribution is 2.18. The van der Waals surface area contributed by atoms with Gasteiger partial charge in [0.15, 0.2) is 0 Å². The number of hydrogen-bond donors (Lipinski definition) is 0. The summed E-state index contributed by atoms with van der Waals surface area (Å²) < 4.78 is 5.42. The molecule has 2 rings (SSSR count). The van der Waals surface area contributed by atoms with E-state index < -0.39 is 0 Å². The first kappa shape index (κ1) is 14.3. The van der Waals surface area contributed by atoms with Crippen molar-refractivity contribution in [1.29, 1.82) is 0 Å². The minimum absolute atomic E-state index is 0.307. The van der Waals surface area contributed by atoms with Crippen molar-refractivity contribution in [2.24, 2.45) is 0 Å². The van der Waals surface area contributed by atoms with Crippen molar-refractivity contribution < 1.29 is 9.53 Å². The molecule has 2 aromatic rings. The average molecular weight is 268 g/mol. The third kappa shape index (κ3) is 3.70. The smallest absolute Gasteiger partial charge is 0.343 e. The summed E-state index contributed by atoms with van der Waals surface area (Å²) in [7, 11) is 0. The van der Waals surface area contributed by atoms with Gasteiger partial charge in [0, 0.05) is 0 Å². The van der Waals surface area contributed by atoms with Gasteiger partial charge in [-0.15, -0.1) is 0 Å². The van der Waals surface area contributed by atoms with Gasteiger partial charge in [-0.1, -0.05) is 31.5 Å². The predicted octanol–water partition coefficient (Wildman–Crippen LogP) is 4.48. The van der Waals surface area contributed by atoms with Gasteiger partial charge in [-0.3, -0.25) is 0 Å². The molecule has 2 aromatic carbocycles. The number of aryl methyl sites for hydroxylation is 3. The molecule has 20 heavy (non-hydrogen) atoms. The summed E-state index contributed by atoms with van der Waals surface area (Å²) in [5.41, 5.74) is 4.01. The van der Waals surface area contributed by atoms with Gasteiger partial charge in [0.1, 0.15) is 5.75 Å². The van der Waals surface area contributed by atoms with Crippen LogP contribution in [0.25, 0.3) is 0 Å². The van der Waals surface area contributed by atoms with Crippen molar-refractivity contribution in [2.75, 3.05) is 0 Å². The van der Waals surface area contributed by atoms with E-state index in [1.807, 2.05) is 50.2 Å². The molecule has 0 aliphatic heterocycles. The summed E-state index contributed by atoms with van der Waals surface area (Å²) in [6, 6.07) is 13.4. The van der Waals surface area contributed by atoms with Gasteiger partial charge in [0.05, 0.1) is 5.56 Å². The summed E-state index contributed by atoms with van der Waals surface area (Å²) in [6.45, 7) is 6.12. The third-order valence-electron chi connectivity index (χ3n) is 3.13. The first-order valence-electron chi connectivity index (χ1n) is 6.98. The van der Waals surface area contributed by atoms with Crippen molar-refractivity contribution in [3.8, 4) is 5.75 Å². The van der Waals surface area contributed by atoms with Crippen LogP contribution in [-0.2, 0) is 6.42 Å². The summed E-state index contributed by atoms with van der Waals surface area (Å²) >= 11 is 0. The Kier molecular flexibility index (Phi) is 4.57. The van der Waals surface area contributed by atoms with Crippen LogP contribution in [0.2, 0.25) is 0 Å². The zero-order valence-corrected chi connectivity index (χ0v) is 12.3. The lowest BCUT2D eigenvalue weighted by molar-refractivity contribution is 0.0734. The van der Waals surface area contributed by atoms with Gasteiger partial charge in [-0.05, 0) is 61.2 Å². The fraction of sp³-hybridized carbons (Fsp3) is 0.278. The highest BCUT2D eigenvalue weighted by Gasteiger charge is 2.09. The first-order valence-corrected chi connectivity index (χ1v) is 6.98. The molecule has 0 atom stereocenters. The molecule has 0 heterocycles. The van der Waals surface area contributed by atoms with Crippen LogP contribution < -0.4 is 4.74 Å². The zero-order chi connectivity index (χ0) is 14.5. The fourth-order valence-electron chi connectivity index (χ4n) is 2.25. The number of benzene rings is 2. The molecule has 0 unspecified atom stereocenters. The monoisotopic (exact) mass is 268 g/mol. The van der Waals surface area contributed by atoms with Crippen LogP contribution in [0.5, 0.6) is 5.75 Å². The quantitative estimate of drug-likeness (QED) is 0.604. The standard InChI is InChI=1S/C18H20O2/c1-4-5-15-6-8-16(9-7-15)18(19)20-17-11-13(2)10-14(3)12-17/h6-12H,4-5H2,1-3H3. The zero-order valence-electron chi connectivity index (χ0n) is 12.3. The molecular weight excluding hydrogens is 248 g/mol. The maximum absolute atomic E-state index is 12.1. The van der Waals surface area contributed by atoms with Crippen molar-refractivity contribution in [3.05, 3.63) is 64.7 Å². The normalized spacial score (nSPS) is 10.3. The van der Waals surface area contributed by atoms with Crippen LogP contribution >= 0.6 is 0 Å². The molecule has 2 heteroatoms. The van der Waals surface area contributed by atoms with Crippen molar-refractivity contribution in [1.82, 2.24) is 0 Å². The van der Waals surface area contributed by atoms with E-state index in [2.05, 4.69) is 13.0 Å². The Morgan fingerprint density at radius 1 is 1.00 bits per heavy atom. The SMILES string of the molecule is CCCc1ccc(C(=O)Oc2cc(C)cc(C)c2)cc1. The van der Waals surface area contributed by atoms with E-state index in [0.29, 0.717) is 11.3 Å². The summed E-state index contributed by atoms with van der Waals surface area (Å²) in [5.74, 6) is 0.295. The Morgan fingerprint density at radius 2 is 1.60 bits per heavy atom. The molecule has 0 saturated heterocycles. The average Bonchev–Trinajstić information content (AvgIpc) is 2.38. The third-order valence-corrected chi connectivity index (χ3v) is 3.13. The topological polar surface area (TPSA) is 26.3 Å². The Morgan fingerprint density at radius 3 is 2.15 bits per heavy atom. The lowest BCUT2D eigenvalue weighted by atomic mass is 10.1. The number of carbonyl (C=O) groups is 1. The molecule has 0 aliphatic rings. The second kappa shape index (κ2) is 6.38. The van der Waals surface area contributed by atoms with Gasteiger partial charge < -0.3 is 4.74 Å². The largest absolute Gasteiger partial charge is 0.423 e. The molecule has 0 spiro atoms. The number of rotatable bonds is 4. The molecular formula is C18H20O2. The molecule has 0 bridgehead atoms.